The molecule has 1 aliphatic carbocycles. The minimum atomic E-state index is -1.94. The number of hydrogen-bond acceptors (Lipinski definition) is 24. The van der Waals surface area contributed by atoms with E-state index in [-0.39, 0.29) is 83.8 Å². The first-order valence-corrected chi connectivity index (χ1v) is 27.6. The van der Waals surface area contributed by atoms with Gasteiger partial charge in [-0.3, -0.25) is 14.4 Å². The van der Waals surface area contributed by atoms with Gasteiger partial charge in [0.05, 0.1) is 71.5 Å². The largest absolute Gasteiger partial charge is 0.507 e. The molecule has 0 aromatic heterocycles. The second kappa shape index (κ2) is 25.2. The zero-order valence-electron chi connectivity index (χ0n) is 47.4. The summed E-state index contributed by atoms with van der Waals surface area (Å²) in [5.41, 5.74) is -1.00. The van der Waals surface area contributed by atoms with Crippen molar-refractivity contribution in [2.24, 2.45) is 11.8 Å². The molecule has 24 heteroatoms. The Morgan fingerprint density at radius 2 is 1.25 bits per heavy atom. The summed E-state index contributed by atoms with van der Waals surface area (Å²) in [4.78, 5) is 41.3. The number of methoxy groups -OCH3 is 2. The van der Waals surface area contributed by atoms with E-state index in [2.05, 4.69) is 0 Å². The highest BCUT2D eigenvalue weighted by atomic mass is 16.7. The standard InChI is InChI=1S/C56H82O24/c1-21-34(76-40-19-37(53(28(8)74-40)75-29(9)58)79-38-16-33(59)52(68-11)27(7)73-38)15-31-13-30-14-32(54(69-12)51(66)46(61)23(3)57)55(50(65)44(30)49(64)43(31)45(21)60)80-41-18-35(47(62)26(6)72-41)77-39-17-36(48(63)25(5)71-39)78-42-20-56(10,67)22(2)24(4)70-42/h13,15,22-28,32-33,35-42,46-48,52-55,57,59-64,67H,14,16-20H2,1-12H3/t22?,23-,24?,25?,26?,27?,28?,32+,33?,35?,36?,37?,38?,39?,40?,41?,42?,46+,47?,48?,52?,53?,54+,55+,56?/m1/s1. The molecule has 6 aliphatic rings. The lowest BCUT2D eigenvalue weighted by atomic mass is 9.75. The van der Waals surface area contributed by atoms with Crippen molar-refractivity contribution >= 4 is 28.3 Å². The molecule has 24 nitrogen and oxygen atoms in total. The number of phenolic OH excluding ortho intramolecular Hbond substituents is 2. The van der Waals surface area contributed by atoms with Crippen molar-refractivity contribution in [1.29, 1.82) is 0 Å². The predicted octanol–water partition coefficient (Wildman–Crippen LogP) is 2.25. The number of aliphatic hydroxyl groups is 6. The van der Waals surface area contributed by atoms with E-state index in [4.69, 9.17) is 61.6 Å². The number of ether oxygens (including phenoxy) is 13. The Morgan fingerprint density at radius 3 is 1.82 bits per heavy atom. The molecular weight excluding hydrogens is 1060 g/mol. The van der Waals surface area contributed by atoms with E-state index in [1.165, 1.54) is 47.1 Å². The maximum atomic E-state index is 15.1. The number of Topliss-reactive ketones (excluding diaryl/α,β-unsaturated/α-hetero) is 2. The number of fused-ring (bicyclic) bond motifs is 2. The Bertz CT molecular complexity index is 2490. The smallest absolute Gasteiger partial charge is 0.303 e. The van der Waals surface area contributed by atoms with Crippen molar-refractivity contribution in [3.63, 3.8) is 0 Å². The van der Waals surface area contributed by atoms with E-state index in [1.807, 2.05) is 13.8 Å². The summed E-state index contributed by atoms with van der Waals surface area (Å²) in [7, 11) is 2.66. The van der Waals surface area contributed by atoms with Gasteiger partial charge in [-0.05, 0) is 84.9 Å². The molecule has 20 unspecified atom stereocenters. The summed E-state index contributed by atoms with van der Waals surface area (Å²) < 4.78 is 79.1. The molecule has 0 spiro atoms. The monoisotopic (exact) mass is 1140 g/mol. The fraction of sp³-hybridized carbons (Fsp3) is 0.768. The van der Waals surface area contributed by atoms with E-state index < -0.39 is 170 Å². The third-order valence-corrected chi connectivity index (χ3v) is 17.0. The second-order valence-electron chi connectivity index (χ2n) is 22.8. The maximum Gasteiger partial charge on any atom is 0.303 e. The number of aromatic hydroxyl groups is 2. The highest BCUT2D eigenvalue weighted by Gasteiger charge is 2.52. The molecule has 8 N–H and O–H groups in total. The minimum absolute atomic E-state index is 0.00270. The van der Waals surface area contributed by atoms with Crippen molar-refractivity contribution in [2.45, 2.75) is 249 Å². The summed E-state index contributed by atoms with van der Waals surface area (Å²) in [5, 5.41) is 89.8. The fourth-order valence-electron chi connectivity index (χ4n) is 12.1. The zero-order valence-corrected chi connectivity index (χ0v) is 47.4. The number of ketones is 2. The first kappa shape index (κ1) is 62.3. The van der Waals surface area contributed by atoms with E-state index in [0.29, 0.717) is 0 Å². The Morgan fingerprint density at radius 1 is 0.713 bits per heavy atom. The summed E-state index contributed by atoms with van der Waals surface area (Å²) >= 11 is 0. The van der Waals surface area contributed by atoms with Gasteiger partial charge in [0.15, 0.2) is 42.8 Å². The van der Waals surface area contributed by atoms with Crippen LogP contribution in [0.4, 0.5) is 0 Å². The van der Waals surface area contributed by atoms with Gasteiger partial charge in [-0.1, -0.05) is 6.92 Å². The van der Waals surface area contributed by atoms with Gasteiger partial charge in [0, 0.05) is 70.6 Å². The molecule has 2 aromatic carbocycles. The maximum absolute atomic E-state index is 15.1. The molecule has 0 bridgehead atoms. The topological polar surface area (TPSA) is 333 Å². The molecule has 0 radical (unpaired) electrons. The van der Waals surface area contributed by atoms with Crippen molar-refractivity contribution in [3.05, 3.63) is 28.8 Å². The lowest BCUT2D eigenvalue weighted by Gasteiger charge is -2.46. The van der Waals surface area contributed by atoms with Gasteiger partial charge in [0.2, 0.25) is 6.29 Å². The molecule has 5 aliphatic heterocycles. The van der Waals surface area contributed by atoms with E-state index >= 15 is 4.79 Å². The quantitative estimate of drug-likeness (QED) is 0.105. The van der Waals surface area contributed by atoms with Gasteiger partial charge in [-0.25, -0.2) is 0 Å². The van der Waals surface area contributed by atoms with Gasteiger partial charge >= 0.3 is 5.97 Å². The van der Waals surface area contributed by atoms with Crippen LogP contribution < -0.4 is 4.74 Å². The van der Waals surface area contributed by atoms with Gasteiger partial charge in [-0.15, -0.1) is 0 Å². The summed E-state index contributed by atoms with van der Waals surface area (Å²) in [5.74, 6) is -4.78. The van der Waals surface area contributed by atoms with Crippen LogP contribution in [0.3, 0.4) is 0 Å². The van der Waals surface area contributed by atoms with Gasteiger partial charge in [0.1, 0.15) is 60.0 Å². The third kappa shape index (κ3) is 13.0. The average molecular weight is 1140 g/mol. The SMILES string of the molecule is COC1C(O)CC(OC2CC(Oc3cc4cc5c(c(O)c4c(O)c3C)C(=O)[C@@H](OC3CC(OC4CC(OC6CC(C)(O)C(C)C(C)O6)C(O)C(C)O4)C(O)C(C)O3)[C@H]([C@H](OC)C(=O)[C@@H](O)[C@@H](C)O)C5)OC(C)C2OC(C)=O)OC1C. The molecule has 450 valence electrons. The molecule has 80 heavy (non-hydrogen) atoms. The first-order chi connectivity index (χ1) is 37.6. The molecule has 0 amide bonds. The van der Waals surface area contributed by atoms with Crippen molar-refractivity contribution in [3.8, 4) is 17.2 Å². The number of esters is 1. The van der Waals surface area contributed by atoms with Crippen molar-refractivity contribution in [1.82, 2.24) is 0 Å². The average Bonchev–Trinajstić information content (AvgIpc) is 3.50. The van der Waals surface area contributed by atoms with Crippen molar-refractivity contribution < 1.29 is 117 Å². The zero-order chi connectivity index (χ0) is 58.6. The van der Waals surface area contributed by atoms with Gasteiger partial charge < -0.3 is 102 Å². The number of aliphatic hydroxyl groups excluding tert-OH is 5. The van der Waals surface area contributed by atoms with Gasteiger partial charge in [0.25, 0.3) is 0 Å². The molecule has 5 fully saturated rings. The number of carbonyl (C=O) groups excluding carboxylic acids is 3. The number of benzene rings is 2. The predicted molar refractivity (Wildman–Crippen MR) is 276 cm³/mol. The second-order valence-corrected chi connectivity index (χ2v) is 22.8. The van der Waals surface area contributed by atoms with Crippen LogP contribution in [-0.2, 0) is 72.9 Å². The molecule has 8 rings (SSSR count). The molecule has 5 saturated heterocycles. The first-order valence-electron chi connectivity index (χ1n) is 27.6. The normalized spacial score (nSPS) is 40.9. The fourth-order valence-corrected chi connectivity index (χ4v) is 12.1. The molecule has 2 aromatic rings. The van der Waals surface area contributed by atoms with Crippen LogP contribution in [0.5, 0.6) is 17.2 Å². The van der Waals surface area contributed by atoms with Gasteiger partial charge in [-0.2, -0.15) is 0 Å². The number of hydrogen-bond donors (Lipinski definition) is 8. The highest BCUT2D eigenvalue weighted by molar-refractivity contribution is 6.11. The summed E-state index contributed by atoms with van der Waals surface area (Å²) in [6.07, 6.45) is -23.1. The van der Waals surface area contributed by atoms with Crippen LogP contribution in [-0.4, -0.2) is 213 Å². The van der Waals surface area contributed by atoms with Crippen LogP contribution in [0.2, 0.25) is 0 Å². The third-order valence-electron chi connectivity index (χ3n) is 17.0. The minimum Gasteiger partial charge on any atom is -0.507 e. The molecule has 25 atom stereocenters. The van der Waals surface area contributed by atoms with E-state index in [9.17, 15) is 50.4 Å². The Labute approximate surface area is 464 Å². The molecule has 0 saturated carbocycles. The Kier molecular flexibility index (Phi) is 19.6. The molecular formula is C56H82O24. The van der Waals surface area contributed by atoms with Crippen molar-refractivity contribution in [2.75, 3.05) is 14.2 Å². The van der Waals surface area contributed by atoms with E-state index in [0.717, 1.165) is 0 Å². The van der Waals surface area contributed by atoms with Crippen LogP contribution in [0.1, 0.15) is 116 Å². The van der Waals surface area contributed by atoms with Crippen LogP contribution in [0, 0.1) is 18.8 Å². The lowest BCUT2D eigenvalue weighted by Crippen LogP contribution is -2.57. The Balaban J connectivity index is 1.05. The highest BCUT2D eigenvalue weighted by Crippen LogP contribution is 2.48. The number of carbonyl (C=O) groups is 3. The summed E-state index contributed by atoms with van der Waals surface area (Å²) in [6, 6.07) is 3.07. The van der Waals surface area contributed by atoms with Crippen LogP contribution >= 0.6 is 0 Å². The van der Waals surface area contributed by atoms with E-state index in [1.54, 1.807) is 34.6 Å². The Hall–Kier alpha value is -3.77. The lowest BCUT2D eigenvalue weighted by molar-refractivity contribution is -0.331. The number of phenols is 2. The van der Waals surface area contributed by atoms with Crippen LogP contribution in [0.25, 0.3) is 10.8 Å². The number of rotatable bonds is 17. The molecule has 5 heterocycles. The summed E-state index contributed by atoms with van der Waals surface area (Å²) in [6.45, 7) is 16.0. The van der Waals surface area contributed by atoms with Crippen LogP contribution in [0.15, 0.2) is 12.1 Å².